The van der Waals surface area contributed by atoms with Gasteiger partial charge in [-0.05, 0) is 37.6 Å². The van der Waals surface area contributed by atoms with E-state index in [1.807, 2.05) is 26.2 Å². The number of hydrogen-bond acceptors (Lipinski definition) is 5. The van der Waals surface area contributed by atoms with Crippen LogP contribution in [0.2, 0.25) is 0 Å². The summed E-state index contributed by atoms with van der Waals surface area (Å²) in [4.78, 5) is 13.7. The molecule has 1 aliphatic rings. The molecule has 0 aromatic carbocycles. The van der Waals surface area contributed by atoms with Crippen LogP contribution < -0.4 is 0 Å². The van der Waals surface area contributed by atoms with Crippen LogP contribution in [0.3, 0.4) is 0 Å². The summed E-state index contributed by atoms with van der Waals surface area (Å²) < 4.78 is 0. The minimum absolute atomic E-state index is 0.273. The molecule has 2 atom stereocenters. The van der Waals surface area contributed by atoms with Gasteiger partial charge in [0.1, 0.15) is 0 Å². The number of aromatic nitrogens is 4. The summed E-state index contributed by atoms with van der Waals surface area (Å²) in [5.41, 5.74) is 1.38. The van der Waals surface area contributed by atoms with Gasteiger partial charge in [0.25, 0.3) is 0 Å². The number of carbonyl (C=O) groups is 1. The van der Waals surface area contributed by atoms with Gasteiger partial charge in [-0.3, -0.25) is 0 Å². The van der Waals surface area contributed by atoms with Gasteiger partial charge >= 0.3 is 5.97 Å². The van der Waals surface area contributed by atoms with Gasteiger partial charge in [-0.1, -0.05) is 24.3 Å². The Morgan fingerprint density at radius 3 is 2.91 bits per heavy atom. The summed E-state index contributed by atoms with van der Waals surface area (Å²) >= 11 is 0. The largest absolute Gasteiger partial charge is 0.478 e. The van der Waals surface area contributed by atoms with E-state index < -0.39 is 11.9 Å². The Labute approximate surface area is 129 Å². The normalized spacial score (nSPS) is 20.0. The molecule has 2 heterocycles. The lowest BCUT2D eigenvalue weighted by Gasteiger charge is -2.26. The summed E-state index contributed by atoms with van der Waals surface area (Å²) in [5, 5.41) is 23.4. The fraction of sp³-hybridized carbons (Fsp3) is 0.467. The molecule has 118 valence electrons. The van der Waals surface area contributed by atoms with Gasteiger partial charge in [0, 0.05) is 18.7 Å². The Bertz CT molecular complexity index is 603. The Morgan fingerprint density at radius 1 is 1.59 bits per heavy atom. The number of hydrogen-bond donors (Lipinski definition) is 2. The van der Waals surface area contributed by atoms with Crippen LogP contribution in [0.4, 0.5) is 0 Å². The van der Waals surface area contributed by atoms with Gasteiger partial charge in [-0.2, -0.15) is 5.21 Å². The third-order valence-electron chi connectivity index (χ3n) is 3.78. The first-order valence-electron chi connectivity index (χ1n) is 7.30. The molecule has 7 heteroatoms. The van der Waals surface area contributed by atoms with E-state index in [1.165, 1.54) is 0 Å². The van der Waals surface area contributed by atoms with Crippen LogP contribution in [0.25, 0.3) is 0 Å². The molecule has 0 saturated carbocycles. The molecule has 1 unspecified atom stereocenters. The monoisotopic (exact) mass is 303 g/mol. The number of rotatable bonds is 6. The van der Waals surface area contributed by atoms with Crippen molar-refractivity contribution in [3.63, 3.8) is 0 Å². The minimum Gasteiger partial charge on any atom is -0.478 e. The van der Waals surface area contributed by atoms with Crippen LogP contribution in [-0.2, 0) is 4.79 Å². The number of likely N-dealkylation sites (N-methyl/N-ethyl adjacent to an activating group) is 1. The third kappa shape index (κ3) is 3.60. The summed E-state index contributed by atoms with van der Waals surface area (Å²) in [6, 6.07) is 0.273. The van der Waals surface area contributed by atoms with Gasteiger partial charge in [0.05, 0.1) is 5.92 Å². The fourth-order valence-electron chi connectivity index (χ4n) is 2.46. The van der Waals surface area contributed by atoms with Crippen molar-refractivity contribution in [3.05, 3.63) is 41.4 Å². The zero-order chi connectivity index (χ0) is 16.1. The number of H-pyrrole nitrogens is 1. The van der Waals surface area contributed by atoms with Gasteiger partial charge in [-0.15, -0.1) is 10.2 Å². The molecular formula is C15H21N5O2. The Hall–Kier alpha value is -2.44. The maximum absolute atomic E-state index is 11.6. The smallest absolute Gasteiger partial charge is 0.332 e. The molecule has 22 heavy (non-hydrogen) atoms. The Kier molecular flexibility index (Phi) is 5.08. The number of nitrogens with zero attached hydrogens (tertiary/aromatic N) is 4. The molecular weight excluding hydrogens is 282 g/mol. The van der Waals surface area contributed by atoms with E-state index in [0.29, 0.717) is 24.2 Å². The van der Waals surface area contributed by atoms with Crippen molar-refractivity contribution in [3.8, 4) is 0 Å². The number of nitrogens with one attached hydrogen (secondary N) is 1. The van der Waals surface area contributed by atoms with Crippen molar-refractivity contribution in [1.82, 2.24) is 25.5 Å². The molecule has 1 aromatic rings. The van der Waals surface area contributed by atoms with Crippen molar-refractivity contribution in [2.45, 2.75) is 38.6 Å². The lowest BCUT2D eigenvalue weighted by molar-refractivity contribution is -0.133. The van der Waals surface area contributed by atoms with Crippen LogP contribution in [0.1, 0.15) is 38.4 Å². The predicted octanol–water partition coefficient (Wildman–Crippen LogP) is 1.87. The molecule has 7 nitrogen and oxygen atoms in total. The summed E-state index contributed by atoms with van der Waals surface area (Å²) in [7, 11) is 2.00. The summed E-state index contributed by atoms with van der Waals surface area (Å²) in [6.07, 6.45) is 9.01. The molecule has 0 radical (unpaired) electrons. The van der Waals surface area contributed by atoms with Crippen LogP contribution in [0, 0.1) is 0 Å². The molecule has 0 saturated heterocycles. The van der Waals surface area contributed by atoms with Crippen LogP contribution in [-0.4, -0.2) is 49.7 Å². The lowest BCUT2D eigenvalue weighted by Crippen LogP contribution is -2.25. The molecule has 0 amide bonds. The Balaban J connectivity index is 2.31. The van der Waals surface area contributed by atoms with Crippen molar-refractivity contribution >= 4 is 5.97 Å². The summed E-state index contributed by atoms with van der Waals surface area (Å²) in [6.45, 7) is 4.00. The number of aliphatic carboxylic acids is 1. The van der Waals surface area contributed by atoms with Crippen molar-refractivity contribution < 1.29 is 9.90 Å². The second kappa shape index (κ2) is 7.02. The average molecular weight is 303 g/mol. The number of allylic oxidation sites excluding steroid dienone is 3. The molecule has 1 aliphatic heterocycles. The van der Waals surface area contributed by atoms with Gasteiger partial charge < -0.3 is 10.0 Å². The highest BCUT2D eigenvalue weighted by molar-refractivity contribution is 5.88. The number of carboxylic acids is 1. The molecule has 0 spiro atoms. The topological polar surface area (TPSA) is 95.0 Å². The lowest BCUT2D eigenvalue weighted by atomic mass is 9.88. The highest BCUT2D eigenvalue weighted by atomic mass is 16.4. The van der Waals surface area contributed by atoms with Crippen molar-refractivity contribution in [2.24, 2.45) is 0 Å². The maximum Gasteiger partial charge on any atom is 0.332 e. The number of carboxylic acid groups (broad SMARTS) is 1. The minimum atomic E-state index is -0.942. The SMILES string of the molecule is CC/C=C(\C(=O)O)[C@H](CC1=CC(C)N(C)C=C1)c1nn[nH]n1. The van der Waals surface area contributed by atoms with E-state index in [2.05, 4.69) is 38.5 Å². The quantitative estimate of drug-likeness (QED) is 0.779. The zero-order valence-electron chi connectivity index (χ0n) is 13.0. The molecule has 0 fully saturated rings. The van der Waals surface area contributed by atoms with Gasteiger partial charge in [0.2, 0.25) is 0 Å². The Morgan fingerprint density at radius 2 is 2.36 bits per heavy atom. The second-order valence-corrected chi connectivity index (χ2v) is 5.36. The highest BCUT2D eigenvalue weighted by Gasteiger charge is 2.27. The highest BCUT2D eigenvalue weighted by Crippen LogP contribution is 2.30. The number of aromatic amines is 1. The van der Waals surface area contributed by atoms with E-state index in [4.69, 9.17) is 0 Å². The van der Waals surface area contributed by atoms with E-state index in [1.54, 1.807) is 6.08 Å². The van der Waals surface area contributed by atoms with Crippen molar-refractivity contribution in [2.75, 3.05) is 7.05 Å². The molecule has 2 rings (SSSR count). The van der Waals surface area contributed by atoms with E-state index in [0.717, 1.165) is 5.57 Å². The van der Waals surface area contributed by atoms with Crippen LogP contribution in [0.15, 0.2) is 35.6 Å². The first kappa shape index (κ1) is 15.9. The van der Waals surface area contributed by atoms with Crippen LogP contribution >= 0.6 is 0 Å². The van der Waals surface area contributed by atoms with E-state index in [-0.39, 0.29) is 6.04 Å². The second-order valence-electron chi connectivity index (χ2n) is 5.36. The van der Waals surface area contributed by atoms with E-state index in [9.17, 15) is 9.90 Å². The number of tetrazole rings is 1. The first-order valence-corrected chi connectivity index (χ1v) is 7.30. The van der Waals surface area contributed by atoms with Crippen molar-refractivity contribution in [1.29, 1.82) is 0 Å². The zero-order valence-corrected chi connectivity index (χ0v) is 13.0. The van der Waals surface area contributed by atoms with Crippen LogP contribution in [0.5, 0.6) is 0 Å². The summed E-state index contributed by atoms with van der Waals surface area (Å²) in [5.74, 6) is -0.951. The van der Waals surface area contributed by atoms with Gasteiger partial charge in [-0.25, -0.2) is 4.79 Å². The first-order chi connectivity index (χ1) is 10.5. The molecule has 0 aliphatic carbocycles. The predicted molar refractivity (Wildman–Crippen MR) is 82.0 cm³/mol. The molecule has 2 N–H and O–H groups in total. The maximum atomic E-state index is 11.6. The third-order valence-corrected chi connectivity index (χ3v) is 3.78. The average Bonchev–Trinajstić information content (AvgIpc) is 3.00. The standard InChI is InChI=1S/C15H21N5O2/c1-4-5-12(15(21)22)13(14-16-18-19-17-14)9-11-6-7-20(3)10(2)8-11/h5-8,10,13H,4,9H2,1-3H3,(H,21,22)(H,16,17,18,19)/b12-5-/t10?,13-/m0/s1. The van der Waals surface area contributed by atoms with E-state index >= 15 is 0 Å². The molecule has 0 bridgehead atoms. The van der Waals surface area contributed by atoms with Gasteiger partial charge in [0.15, 0.2) is 5.82 Å². The fourth-order valence-corrected chi connectivity index (χ4v) is 2.46. The molecule has 1 aromatic heterocycles.